The average Bonchev–Trinajstić information content (AvgIpc) is 2.26. The summed E-state index contributed by atoms with van der Waals surface area (Å²) >= 11 is 0. The number of fused-ring (bicyclic) bond motifs is 1. The normalized spacial score (nSPS) is 39.8. The van der Waals surface area contributed by atoms with Gasteiger partial charge in [0.25, 0.3) is 0 Å². The molecule has 2 rings (SSSR count). The van der Waals surface area contributed by atoms with E-state index in [1.54, 1.807) is 0 Å². The van der Waals surface area contributed by atoms with Crippen LogP contribution in [0.5, 0.6) is 0 Å². The highest BCUT2D eigenvalue weighted by atomic mass is 16.4. The molecule has 0 spiro atoms. The van der Waals surface area contributed by atoms with Crippen LogP contribution in [-0.2, 0) is 4.79 Å². The third kappa shape index (κ3) is 1.06. The largest absolute Gasteiger partial charge is 0.481 e. The number of carboxylic acid groups (broad SMARTS) is 1. The van der Waals surface area contributed by atoms with Crippen molar-refractivity contribution >= 4 is 5.97 Å². The van der Waals surface area contributed by atoms with Crippen LogP contribution in [0.2, 0.25) is 0 Å². The van der Waals surface area contributed by atoms with Crippen LogP contribution in [0.1, 0.15) is 19.3 Å². The highest BCUT2D eigenvalue weighted by Crippen LogP contribution is 2.48. The topological polar surface area (TPSA) is 37.3 Å². The van der Waals surface area contributed by atoms with E-state index in [1.807, 2.05) is 0 Å². The van der Waals surface area contributed by atoms with Crippen LogP contribution in [0, 0.1) is 17.8 Å². The fourth-order valence-corrected chi connectivity index (χ4v) is 2.31. The fourth-order valence-electron chi connectivity index (χ4n) is 2.31. The van der Waals surface area contributed by atoms with Crippen molar-refractivity contribution in [3.63, 3.8) is 0 Å². The smallest absolute Gasteiger partial charge is 0.303 e. The maximum absolute atomic E-state index is 10.4. The Balaban J connectivity index is 1.88. The van der Waals surface area contributed by atoms with Gasteiger partial charge in [-0.15, -0.1) is 0 Å². The molecular formula is C9H12O2. The van der Waals surface area contributed by atoms with Gasteiger partial charge < -0.3 is 5.11 Å². The third-order valence-electron chi connectivity index (χ3n) is 2.96. The zero-order chi connectivity index (χ0) is 7.84. The van der Waals surface area contributed by atoms with Gasteiger partial charge in [-0.25, -0.2) is 0 Å². The standard InChI is InChI=1S/C9H12O2/c10-9(11)5-7-4-6-2-1-3-8(6)7/h1-2,6-8H,3-5H2,(H,10,11). The summed E-state index contributed by atoms with van der Waals surface area (Å²) in [7, 11) is 0. The predicted molar refractivity (Wildman–Crippen MR) is 41.1 cm³/mol. The summed E-state index contributed by atoms with van der Waals surface area (Å²) in [6.07, 6.45) is 7.03. The van der Waals surface area contributed by atoms with Gasteiger partial charge in [-0.2, -0.15) is 0 Å². The van der Waals surface area contributed by atoms with E-state index in [2.05, 4.69) is 12.2 Å². The van der Waals surface area contributed by atoms with E-state index >= 15 is 0 Å². The van der Waals surface area contributed by atoms with Crippen LogP contribution in [-0.4, -0.2) is 11.1 Å². The number of hydrogen-bond acceptors (Lipinski definition) is 1. The van der Waals surface area contributed by atoms with E-state index in [4.69, 9.17) is 5.11 Å². The number of hydrogen-bond donors (Lipinski definition) is 1. The van der Waals surface area contributed by atoms with E-state index in [-0.39, 0.29) is 0 Å². The summed E-state index contributed by atoms with van der Waals surface area (Å²) in [6.45, 7) is 0. The van der Waals surface area contributed by atoms with E-state index < -0.39 is 5.97 Å². The van der Waals surface area contributed by atoms with Crippen molar-refractivity contribution in [3.8, 4) is 0 Å². The minimum atomic E-state index is -0.639. The molecule has 0 radical (unpaired) electrons. The fraction of sp³-hybridized carbons (Fsp3) is 0.667. The van der Waals surface area contributed by atoms with Crippen LogP contribution in [0.3, 0.4) is 0 Å². The summed E-state index contributed by atoms with van der Waals surface area (Å²) in [6, 6.07) is 0. The molecule has 3 unspecified atom stereocenters. The Morgan fingerprint density at radius 2 is 2.45 bits per heavy atom. The number of rotatable bonds is 2. The second-order valence-electron chi connectivity index (χ2n) is 3.59. The Morgan fingerprint density at radius 1 is 1.64 bits per heavy atom. The summed E-state index contributed by atoms with van der Waals surface area (Å²) in [5, 5.41) is 8.55. The van der Waals surface area contributed by atoms with Crippen molar-refractivity contribution in [1.82, 2.24) is 0 Å². The van der Waals surface area contributed by atoms with Crippen molar-refractivity contribution < 1.29 is 9.90 Å². The van der Waals surface area contributed by atoms with E-state index in [1.165, 1.54) is 0 Å². The molecular weight excluding hydrogens is 140 g/mol. The highest BCUT2D eigenvalue weighted by molar-refractivity contribution is 5.67. The lowest BCUT2D eigenvalue weighted by Gasteiger charge is -2.39. The lowest BCUT2D eigenvalue weighted by molar-refractivity contribution is -0.140. The number of carboxylic acids is 1. The van der Waals surface area contributed by atoms with Gasteiger partial charge in [-0.3, -0.25) is 4.79 Å². The van der Waals surface area contributed by atoms with Crippen molar-refractivity contribution in [2.45, 2.75) is 19.3 Å². The SMILES string of the molecule is O=C(O)CC1CC2C=CCC21. The predicted octanol–water partition coefficient (Wildman–Crippen LogP) is 1.67. The van der Waals surface area contributed by atoms with Gasteiger partial charge in [0.2, 0.25) is 0 Å². The second kappa shape index (κ2) is 2.36. The molecule has 0 bridgehead atoms. The first kappa shape index (κ1) is 6.89. The van der Waals surface area contributed by atoms with Crippen molar-refractivity contribution in [3.05, 3.63) is 12.2 Å². The Morgan fingerprint density at radius 3 is 3.09 bits per heavy atom. The highest BCUT2D eigenvalue weighted by Gasteiger charge is 2.41. The molecule has 0 aromatic carbocycles. The molecule has 0 heterocycles. The molecule has 60 valence electrons. The summed E-state index contributed by atoms with van der Waals surface area (Å²) < 4.78 is 0. The van der Waals surface area contributed by atoms with Gasteiger partial charge in [-0.1, -0.05) is 12.2 Å². The Bertz CT molecular complexity index is 208. The van der Waals surface area contributed by atoms with Crippen LogP contribution in [0.15, 0.2) is 12.2 Å². The molecule has 1 saturated carbocycles. The third-order valence-corrected chi connectivity index (χ3v) is 2.96. The summed E-state index contributed by atoms with van der Waals surface area (Å²) in [4.78, 5) is 10.4. The average molecular weight is 152 g/mol. The number of aliphatic carboxylic acids is 1. The molecule has 0 aromatic rings. The van der Waals surface area contributed by atoms with Crippen molar-refractivity contribution in [2.75, 3.05) is 0 Å². The lowest BCUT2D eigenvalue weighted by Crippen LogP contribution is -2.34. The maximum Gasteiger partial charge on any atom is 0.303 e. The van der Waals surface area contributed by atoms with Crippen LogP contribution in [0.4, 0.5) is 0 Å². The molecule has 0 aromatic heterocycles. The maximum atomic E-state index is 10.4. The molecule has 2 aliphatic carbocycles. The molecule has 2 nitrogen and oxygen atoms in total. The summed E-state index contributed by atoms with van der Waals surface area (Å²) in [5.41, 5.74) is 0. The molecule has 1 fully saturated rings. The Kier molecular flexibility index (Phi) is 1.48. The van der Waals surface area contributed by atoms with Crippen molar-refractivity contribution in [1.29, 1.82) is 0 Å². The molecule has 0 saturated heterocycles. The molecule has 1 N–H and O–H groups in total. The van der Waals surface area contributed by atoms with E-state index in [0.717, 1.165) is 18.8 Å². The first-order chi connectivity index (χ1) is 5.27. The van der Waals surface area contributed by atoms with Crippen LogP contribution in [0.25, 0.3) is 0 Å². The van der Waals surface area contributed by atoms with Crippen LogP contribution < -0.4 is 0 Å². The molecule has 0 aliphatic heterocycles. The van der Waals surface area contributed by atoms with Gasteiger partial charge in [-0.05, 0) is 30.6 Å². The van der Waals surface area contributed by atoms with Gasteiger partial charge >= 0.3 is 5.97 Å². The number of carbonyl (C=O) groups is 1. The first-order valence-electron chi connectivity index (χ1n) is 4.16. The minimum absolute atomic E-state index is 0.378. The first-order valence-corrected chi connectivity index (χ1v) is 4.16. The lowest BCUT2D eigenvalue weighted by atomic mass is 9.65. The Labute approximate surface area is 65.9 Å². The zero-order valence-corrected chi connectivity index (χ0v) is 6.36. The molecule has 3 atom stereocenters. The number of allylic oxidation sites excluding steroid dienone is 2. The van der Waals surface area contributed by atoms with Gasteiger partial charge in [0.15, 0.2) is 0 Å². The minimum Gasteiger partial charge on any atom is -0.481 e. The van der Waals surface area contributed by atoms with Crippen molar-refractivity contribution in [2.24, 2.45) is 17.8 Å². The second-order valence-corrected chi connectivity index (χ2v) is 3.59. The molecule has 2 aliphatic rings. The molecule has 2 heteroatoms. The Hall–Kier alpha value is -0.790. The van der Waals surface area contributed by atoms with E-state index in [9.17, 15) is 4.79 Å². The quantitative estimate of drug-likeness (QED) is 0.611. The molecule has 11 heavy (non-hydrogen) atoms. The van der Waals surface area contributed by atoms with Gasteiger partial charge in [0.1, 0.15) is 0 Å². The monoisotopic (exact) mass is 152 g/mol. The van der Waals surface area contributed by atoms with E-state index in [0.29, 0.717) is 18.3 Å². The van der Waals surface area contributed by atoms with Gasteiger partial charge in [0, 0.05) is 6.42 Å². The molecule has 0 amide bonds. The summed E-state index contributed by atoms with van der Waals surface area (Å²) in [5.74, 6) is 1.22. The zero-order valence-electron chi connectivity index (χ0n) is 6.36. The van der Waals surface area contributed by atoms with Crippen LogP contribution >= 0.6 is 0 Å². The van der Waals surface area contributed by atoms with Gasteiger partial charge in [0.05, 0.1) is 0 Å².